The van der Waals surface area contributed by atoms with Crippen LogP contribution in [-0.4, -0.2) is 38.3 Å². The van der Waals surface area contributed by atoms with Gasteiger partial charge in [0.15, 0.2) is 0 Å². The number of amides is 1. The Bertz CT molecular complexity index is 369. The Kier molecular flexibility index (Phi) is 5.45. The van der Waals surface area contributed by atoms with Gasteiger partial charge in [-0.3, -0.25) is 4.79 Å². The number of carbonyl (C=O) groups excluding carboxylic acids is 1. The molecule has 0 spiro atoms. The van der Waals surface area contributed by atoms with Gasteiger partial charge in [-0.15, -0.1) is 0 Å². The summed E-state index contributed by atoms with van der Waals surface area (Å²) >= 11 is 0. The van der Waals surface area contributed by atoms with E-state index in [9.17, 15) is 9.90 Å². The van der Waals surface area contributed by atoms with Crippen LogP contribution >= 0.6 is 0 Å². The average Bonchev–Trinajstić information content (AvgIpc) is 2.38. The number of carbonyl (C=O) groups is 1. The van der Waals surface area contributed by atoms with Crippen LogP contribution in [0.1, 0.15) is 11.7 Å². The smallest absolute Gasteiger partial charge is 0.233 e. The molecule has 5 nitrogen and oxygen atoms in total. The van der Waals surface area contributed by atoms with Crippen LogP contribution in [0.2, 0.25) is 0 Å². The second kappa shape index (κ2) is 6.88. The molecule has 0 aliphatic heterocycles. The van der Waals surface area contributed by atoms with E-state index in [0.717, 1.165) is 5.56 Å². The lowest BCUT2D eigenvalue weighted by Gasteiger charge is -2.12. The second-order valence-corrected chi connectivity index (χ2v) is 3.60. The molecular formula is C12H18N2O3. The minimum Gasteiger partial charge on any atom is -0.497 e. The summed E-state index contributed by atoms with van der Waals surface area (Å²) in [6.07, 6.45) is -0.658. The fourth-order valence-corrected chi connectivity index (χ4v) is 1.38. The topological polar surface area (TPSA) is 70.6 Å². The number of likely N-dealkylation sites (N-methyl/N-ethyl adjacent to an activating group) is 1. The summed E-state index contributed by atoms with van der Waals surface area (Å²) < 4.78 is 5.07. The highest BCUT2D eigenvalue weighted by atomic mass is 16.5. The number of aliphatic hydroxyl groups is 1. The first-order chi connectivity index (χ1) is 8.17. The van der Waals surface area contributed by atoms with E-state index in [4.69, 9.17) is 4.74 Å². The summed E-state index contributed by atoms with van der Waals surface area (Å²) in [5.74, 6) is 0.593. The van der Waals surface area contributed by atoms with Gasteiger partial charge in [0.1, 0.15) is 5.75 Å². The molecule has 1 unspecified atom stereocenters. The molecule has 1 rings (SSSR count). The molecule has 1 aromatic rings. The van der Waals surface area contributed by atoms with Crippen molar-refractivity contribution in [1.82, 2.24) is 10.6 Å². The minimum atomic E-state index is -0.658. The van der Waals surface area contributed by atoms with E-state index in [1.54, 1.807) is 20.2 Å². The number of rotatable bonds is 6. The molecule has 94 valence electrons. The molecule has 0 radical (unpaired) electrons. The van der Waals surface area contributed by atoms with Crippen molar-refractivity contribution in [3.05, 3.63) is 29.8 Å². The number of benzene rings is 1. The normalized spacial score (nSPS) is 11.9. The highest BCUT2D eigenvalue weighted by Crippen LogP contribution is 2.18. The number of methoxy groups -OCH3 is 1. The van der Waals surface area contributed by atoms with Gasteiger partial charge in [-0.05, 0) is 17.7 Å². The first kappa shape index (κ1) is 13.5. The summed E-state index contributed by atoms with van der Waals surface area (Å²) in [6.45, 7) is 0.512. The molecule has 1 atom stereocenters. The van der Waals surface area contributed by atoms with Crippen LogP contribution in [-0.2, 0) is 4.79 Å². The molecule has 0 aromatic heterocycles. The van der Waals surface area contributed by atoms with Crippen molar-refractivity contribution >= 4 is 5.91 Å². The van der Waals surface area contributed by atoms with Gasteiger partial charge in [-0.2, -0.15) is 0 Å². The van der Waals surface area contributed by atoms with Crippen LogP contribution in [0.15, 0.2) is 24.3 Å². The number of hydrogen-bond donors (Lipinski definition) is 3. The van der Waals surface area contributed by atoms with E-state index < -0.39 is 6.10 Å². The van der Waals surface area contributed by atoms with E-state index in [1.807, 2.05) is 18.2 Å². The Labute approximate surface area is 101 Å². The van der Waals surface area contributed by atoms with E-state index >= 15 is 0 Å². The lowest BCUT2D eigenvalue weighted by atomic mass is 10.1. The average molecular weight is 238 g/mol. The third-order valence-electron chi connectivity index (χ3n) is 2.38. The predicted octanol–water partition coefficient (Wildman–Crippen LogP) is 0.0642. The van der Waals surface area contributed by atoms with E-state index in [-0.39, 0.29) is 12.5 Å². The maximum absolute atomic E-state index is 11.0. The standard InChI is InChI=1S/C12H18N2O3/c1-13-12(16)8-14-7-11(15)9-4-3-5-10(6-9)17-2/h3-6,11,14-15H,7-8H2,1-2H3,(H,13,16). The SMILES string of the molecule is CNC(=O)CNCC(O)c1cccc(OC)c1. The Morgan fingerprint density at radius 3 is 2.94 bits per heavy atom. The van der Waals surface area contributed by atoms with Gasteiger partial charge in [0.05, 0.1) is 19.8 Å². The highest BCUT2D eigenvalue weighted by Gasteiger charge is 2.08. The molecule has 0 fully saturated rings. The number of aliphatic hydroxyl groups excluding tert-OH is 1. The summed E-state index contributed by atoms with van der Waals surface area (Å²) in [7, 11) is 3.15. The second-order valence-electron chi connectivity index (χ2n) is 3.60. The monoisotopic (exact) mass is 238 g/mol. The van der Waals surface area contributed by atoms with Gasteiger partial charge >= 0.3 is 0 Å². The molecular weight excluding hydrogens is 220 g/mol. The third kappa shape index (κ3) is 4.42. The largest absolute Gasteiger partial charge is 0.497 e. The molecule has 5 heteroatoms. The van der Waals surface area contributed by atoms with Crippen molar-refractivity contribution in [3.63, 3.8) is 0 Å². The van der Waals surface area contributed by atoms with E-state index in [0.29, 0.717) is 12.3 Å². The van der Waals surface area contributed by atoms with Gasteiger partial charge in [0.25, 0.3) is 0 Å². The molecule has 1 amide bonds. The zero-order valence-corrected chi connectivity index (χ0v) is 10.1. The zero-order chi connectivity index (χ0) is 12.7. The van der Waals surface area contributed by atoms with Crippen LogP contribution in [0.3, 0.4) is 0 Å². The maximum Gasteiger partial charge on any atom is 0.233 e. The van der Waals surface area contributed by atoms with Crippen molar-refractivity contribution < 1.29 is 14.6 Å². The summed E-state index contributed by atoms with van der Waals surface area (Å²) in [4.78, 5) is 11.0. The molecule has 0 bridgehead atoms. The summed E-state index contributed by atoms with van der Waals surface area (Å²) in [5, 5.41) is 15.2. The van der Waals surface area contributed by atoms with Crippen LogP contribution in [0.4, 0.5) is 0 Å². The van der Waals surface area contributed by atoms with E-state index in [2.05, 4.69) is 10.6 Å². The maximum atomic E-state index is 11.0. The van der Waals surface area contributed by atoms with Crippen molar-refractivity contribution in [2.45, 2.75) is 6.10 Å². The van der Waals surface area contributed by atoms with Crippen molar-refractivity contribution in [3.8, 4) is 5.75 Å². The van der Waals surface area contributed by atoms with Gasteiger partial charge in [-0.1, -0.05) is 12.1 Å². The predicted molar refractivity (Wildman–Crippen MR) is 64.9 cm³/mol. The Morgan fingerprint density at radius 1 is 1.53 bits per heavy atom. The van der Waals surface area contributed by atoms with Crippen LogP contribution in [0.25, 0.3) is 0 Å². The highest BCUT2D eigenvalue weighted by molar-refractivity contribution is 5.77. The fraction of sp³-hybridized carbons (Fsp3) is 0.417. The number of ether oxygens (including phenoxy) is 1. The molecule has 0 heterocycles. The quantitative estimate of drug-likeness (QED) is 0.655. The fourth-order valence-electron chi connectivity index (χ4n) is 1.38. The zero-order valence-electron chi connectivity index (χ0n) is 10.1. The molecule has 1 aromatic carbocycles. The lowest BCUT2D eigenvalue weighted by molar-refractivity contribution is -0.119. The van der Waals surface area contributed by atoms with Gasteiger partial charge in [0, 0.05) is 13.6 Å². The van der Waals surface area contributed by atoms with Gasteiger partial charge in [-0.25, -0.2) is 0 Å². The van der Waals surface area contributed by atoms with Gasteiger partial charge in [0.2, 0.25) is 5.91 Å². The van der Waals surface area contributed by atoms with Crippen molar-refractivity contribution in [2.75, 3.05) is 27.2 Å². The Hall–Kier alpha value is -1.59. The lowest BCUT2D eigenvalue weighted by Crippen LogP contribution is -2.33. The molecule has 0 aliphatic rings. The number of nitrogens with one attached hydrogen (secondary N) is 2. The Balaban J connectivity index is 2.46. The summed E-state index contributed by atoms with van der Waals surface area (Å²) in [6, 6.07) is 7.21. The Morgan fingerprint density at radius 2 is 2.29 bits per heavy atom. The molecule has 17 heavy (non-hydrogen) atoms. The molecule has 0 saturated carbocycles. The minimum absolute atomic E-state index is 0.108. The number of hydrogen-bond acceptors (Lipinski definition) is 4. The van der Waals surface area contributed by atoms with Crippen LogP contribution in [0.5, 0.6) is 5.75 Å². The van der Waals surface area contributed by atoms with E-state index in [1.165, 1.54) is 0 Å². The molecule has 0 saturated heterocycles. The first-order valence-electron chi connectivity index (χ1n) is 5.40. The van der Waals surface area contributed by atoms with Crippen molar-refractivity contribution in [1.29, 1.82) is 0 Å². The van der Waals surface area contributed by atoms with Crippen molar-refractivity contribution in [2.24, 2.45) is 0 Å². The third-order valence-corrected chi connectivity index (χ3v) is 2.38. The first-order valence-corrected chi connectivity index (χ1v) is 5.40. The summed E-state index contributed by atoms with van der Waals surface area (Å²) in [5.41, 5.74) is 0.758. The molecule has 3 N–H and O–H groups in total. The van der Waals surface area contributed by atoms with Gasteiger partial charge < -0.3 is 20.5 Å². The molecule has 0 aliphatic carbocycles. The van der Waals surface area contributed by atoms with Crippen LogP contribution in [0, 0.1) is 0 Å². The van der Waals surface area contributed by atoms with Crippen LogP contribution < -0.4 is 15.4 Å².